The van der Waals surface area contributed by atoms with Crippen molar-refractivity contribution in [2.45, 2.75) is 6.92 Å². The van der Waals surface area contributed by atoms with Crippen LogP contribution in [-0.4, -0.2) is 37.0 Å². The van der Waals surface area contributed by atoms with Gasteiger partial charge in [-0.1, -0.05) is 24.3 Å². The molecule has 1 fully saturated rings. The van der Waals surface area contributed by atoms with E-state index in [1.54, 1.807) is 0 Å². The summed E-state index contributed by atoms with van der Waals surface area (Å²) < 4.78 is 1.10. The summed E-state index contributed by atoms with van der Waals surface area (Å²) >= 11 is 2.25. The van der Waals surface area contributed by atoms with Crippen LogP contribution in [0.1, 0.15) is 15.9 Å². The highest BCUT2D eigenvalue weighted by molar-refractivity contribution is 14.1. The summed E-state index contributed by atoms with van der Waals surface area (Å²) in [4.78, 5) is 16.9. The third-order valence-corrected chi connectivity index (χ3v) is 4.77. The molecule has 0 atom stereocenters. The van der Waals surface area contributed by atoms with Gasteiger partial charge in [0.15, 0.2) is 0 Å². The van der Waals surface area contributed by atoms with Gasteiger partial charge in [-0.2, -0.15) is 0 Å². The Morgan fingerprint density at radius 3 is 2.41 bits per heavy atom. The molecule has 2 aromatic carbocycles. The summed E-state index contributed by atoms with van der Waals surface area (Å²) in [6.45, 7) is 5.47. The minimum atomic E-state index is 0.142. The van der Waals surface area contributed by atoms with Gasteiger partial charge in [0.1, 0.15) is 0 Å². The van der Waals surface area contributed by atoms with E-state index in [0.29, 0.717) is 0 Å². The first-order valence-electron chi connectivity index (χ1n) is 7.50. The Kier molecular flexibility index (Phi) is 4.66. The van der Waals surface area contributed by atoms with Crippen LogP contribution in [0.25, 0.3) is 0 Å². The van der Waals surface area contributed by atoms with Gasteiger partial charge in [-0.25, -0.2) is 0 Å². The van der Waals surface area contributed by atoms with Crippen molar-refractivity contribution in [3.63, 3.8) is 0 Å². The lowest BCUT2D eigenvalue weighted by atomic mass is 10.1. The molecule has 3 rings (SSSR count). The summed E-state index contributed by atoms with van der Waals surface area (Å²) in [7, 11) is 0. The number of halogens is 1. The second-order valence-corrected chi connectivity index (χ2v) is 6.82. The second-order valence-electron chi connectivity index (χ2n) is 5.58. The van der Waals surface area contributed by atoms with Gasteiger partial charge in [0.25, 0.3) is 5.91 Å². The van der Waals surface area contributed by atoms with Gasteiger partial charge in [0.05, 0.1) is 0 Å². The zero-order valence-corrected chi connectivity index (χ0v) is 14.8. The van der Waals surface area contributed by atoms with E-state index >= 15 is 0 Å². The Morgan fingerprint density at radius 2 is 1.73 bits per heavy atom. The number of hydrogen-bond donors (Lipinski definition) is 0. The number of para-hydroxylation sites is 1. The maximum Gasteiger partial charge on any atom is 0.254 e. The van der Waals surface area contributed by atoms with Gasteiger partial charge in [0, 0.05) is 41.0 Å². The van der Waals surface area contributed by atoms with E-state index in [0.717, 1.165) is 35.3 Å². The van der Waals surface area contributed by atoms with Crippen molar-refractivity contribution in [3.05, 3.63) is 63.2 Å². The predicted octanol–water partition coefficient (Wildman–Crippen LogP) is 3.56. The van der Waals surface area contributed by atoms with Crippen LogP contribution in [0.15, 0.2) is 48.5 Å². The van der Waals surface area contributed by atoms with Crippen LogP contribution >= 0.6 is 22.6 Å². The molecule has 2 aromatic rings. The van der Waals surface area contributed by atoms with Gasteiger partial charge in [-0.15, -0.1) is 0 Å². The minimum absolute atomic E-state index is 0.142. The molecule has 1 aliphatic heterocycles. The number of amides is 1. The van der Waals surface area contributed by atoms with Crippen molar-refractivity contribution in [2.24, 2.45) is 0 Å². The molecule has 114 valence electrons. The summed E-state index contributed by atoms with van der Waals surface area (Å²) in [5.41, 5.74) is 3.36. The predicted molar refractivity (Wildman–Crippen MR) is 98.5 cm³/mol. The third kappa shape index (κ3) is 3.27. The molecule has 1 amide bonds. The number of carbonyl (C=O) groups is 1. The highest BCUT2D eigenvalue weighted by Gasteiger charge is 2.22. The normalized spacial score (nSPS) is 15.0. The number of piperazine rings is 1. The fraction of sp³-hybridized carbons (Fsp3) is 0.278. The molecule has 0 aliphatic carbocycles. The minimum Gasteiger partial charge on any atom is -0.368 e. The Hall–Kier alpha value is -1.56. The maximum atomic E-state index is 12.6. The largest absolute Gasteiger partial charge is 0.368 e. The van der Waals surface area contributed by atoms with Crippen LogP contribution in [0.3, 0.4) is 0 Å². The van der Waals surface area contributed by atoms with E-state index < -0.39 is 0 Å². The fourth-order valence-corrected chi connectivity index (χ4v) is 3.42. The number of carbonyl (C=O) groups excluding carboxylic acids is 1. The standard InChI is InChI=1S/C18H19IN2O/c1-14-5-2-3-8-17(14)20-9-11-21(12-10-20)18(22)15-6-4-7-16(19)13-15/h2-8,13H,9-12H2,1H3. The van der Waals surface area contributed by atoms with E-state index in [1.807, 2.05) is 29.2 Å². The van der Waals surface area contributed by atoms with Gasteiger partial charge >= 0.3 is 0 Å². The fourth-order valence-electron chi connectivity index (χ4n) is 2.87. The molecule has 1 aliphatic rings. The molecule has 4 heteroatoms. The number of anilines is 1. The smallest absolute Gasteiger partial charge is 0.254 e. The van der Waals surface area contributed by atoms with Crippen LogP contribution in [0, 0.1) is 10.5 Å². The van der Waals surface area contributed by atoms with E-state index in [4.69, 9.17) is 0 Å². The van der Waals surface area contributed by atoms with Crippen molar-refractivity contribution in [1.82, 2.24) is 4.90 Å². The number of aryl methyl sites for hydroxylation is 1. The summed E-state index contributed by atoms with van der Waals surface area (Å²) in [6, 6.07) is 16.2. The van der Waals surface area contributed by atoms with Gasteiger partial charge in [-0.05, 0) is 59.3 Å². The molecule has 3 nitrogen and oxygen atoms in total. The summed E-state index contributed by atoms with van der Waals surface area (Å²) in [5.74, 6) is 0.142. The number of rotatable bonds is 2. The third-order valence-electron chi connectivity index (χ3n) is 4.09. The number of nitrogens with zero attached hydrogens (tertiary/aromatic N) is 2. The van der Waals surface area contributed by atoms with Gasteiger partial charge < -0.3 is 9.80 Å². The lowest BCUT2D eigenvalue weighted by Crippen LogP contribution is -2.49. The average Bonchev–Trinajstić information content (AvgIpc) is 2.55. The van der Waals surface area contributed by atoms with Crippen LogP contribution in [0.4, 0.5) is 5.69 Å². The second kappa shape index (κ2) is 6.69. The SMILES string of the molecule is Cc1ccccc1N1CCN(C(=O)c2cccc(I)c2)CC1. The number of benzene rings is 2. The molecule has 0 aromatic heterocycles. The molecule has 0 unspecified atom stereocenters. The maximum absolute atomic E-state index is 12.6. The lowest BCUT2D eigenvalue weighted by molar-refractivity contribution is 0.0746. The first-order chi connectivity index (χ1) is 10.6. The average molecular weight is 406 g/mol. The molecule has 1 heterocycles. The Morgan fingerprint density at radius 1 is 1.00 bits per heavy atom. The van der Waals surface area contributed by atoms with Crippen molar-refractivity contribution >= 4 is 34.2 Å². The van der Waals surface area contributed by atoms with Crippen LogP contribution in [-0.2, 0) is 0 Å². The molecular weight excluding hydrogens is 387 g/mol. The molecule has 0 spiro atoms. The Balaban J connectivity index is 1.67. The van der Waals surface area contributed by atoms with Crippen molar-refractivity contribution in [1.29, 1.82) is 0 Å². The zero-order valence-electron chi connectivity index (χ0n) is 12.6. The molecule has 22 heavy (non-hydrogen) atoms. The molecule has 0 N–H and O–H groups in total. The van der Waals surface area contributed by atoms with Gasteiger partial charge in [0.2, 0.25) is 0 Å². The van der Waals surface area contributed by atoms with Crippen molar-refractivity contribution < 1.29 is 4.79 Å². The Bertz CT molecular complexity index is 678. The van der Waals surface area contributed by atoms with E-state index in [-0.39, 0.29) is 5.91 Å². The monoisotopic (exact) mass is 406 g/mol. The summed E-state index contributed by atoms with van der Waals surface area (Å²) in [5, 5.41) is 0. The highest BCUT2D eigenvalue weighted by Crippen LogP contribution is 2.21. The highest BCUT2D eigenvalue weighted by atomic mass is 127. The topological polar surface area (TPSA) is 23.6 Å². The quantitative estimate of drug-likeness (QED) is 0.713. The molecule has 0 bridgehead atoms. The lowest BCUT2D eigenvalue weighted by Gasteiger charge is -2.36. The molecule has 1 saturated heterocycles. The van der Waals surface area contributed by atoms with Crippen molar-refractivity contribution in [3.8, 4) is 0 Å². The van der Waals surface area contributed by atoms with Crippen LogP contribution < -0.4 is 4.90 Å². The van der Waals surface area contributed by atoms with E-state index in [1.165, 1.54) is 11.3 Å². The summed E-state index contributed by atoms with van der Waals surface area (Å²) in [6.07, 6.45) is 0. The molecule has 0 radical (unpaired) electrons. The molecule has 0 saturated carbocycles. The zero-order chi connectivity index (χ0) is 15.5. The van der Waals surface area contributed by atoms with Crippen LogP contribution in [0.5, 0.6) is 0 Å². The van der Waals surface area contributed by atoms with Gasteiger partial charge in [-0.3, -0.25) is 4.79 Å². The van der Waals surface area contributed by atoms with E-state index in [2.05, 4.69) is 58.7 Å². The van der Waals surface area contributed by atoms with Crippen molar-refractivity contribution in [2.75, 3.05) is 31.1 Å². The number of hydrogen-bond acceptors (Lipinski definition) is 2. The first-order valence-corrected chi connectivity index (χ1v) is 8.58. The first kappa shape index (κ1) is 15.3. The van der Waals surface area contributed by atoms with Crippen LogP contribution in [0.2, 0.25) is 0 Å². The Labute approximate surface area is 145 Å². The molecular formula is C18H19IN2O. The van der Waals surface area contributed by atoms with E-state index in [9.17, 15) is 4.79 Å².